The van der Waals surface area contributed by atoms with E-state index in [4.69, 9.17) is 10.3 Å². The Hall–Kier alpha value is -0.770. The molecule has 0 saturated carbocycles. The summed E-state index contributed by atoms with van der Waals surface area (Å²) in [7, 11) is -3.04. The highest BCUT2D eigenvalue weighted by atomic mass is 79.9. The summed E-state index contributed by atoms with van der Waals surface area (Å²) >= 11 is 4.83. The summed E-state index contributed by atoms with van der Waals surface area (Å²) in [5.74, 6) is 0.708. The molecule has 2 heterocycles. The minimum atomic E-state index is -3.04. The number of nitrogens with zero attached hydrogens (tertiary/aromatic N) is 2. The van der Waals surface area contributed by atoms with Crippen LogP contribution < -0.4 is 5.73 Å². The molecule has 9 heteroatoms. The molecule has 0 radical (unpaired) electrons. The van der Waals surface area contributed by atoms with Crippen molar-refractivity contribution in [3.8, 4) is 10.7 Å². The lowest BCUT2D eigenvalue weighted by molar-refractivity contribution is 0.352. The molecule has 19 heavy (non-hydrogen) atoms. The molecule has 0 aromatic carbocycles. The SMILES string of the molecule is CS(=O)(=O)CCC(N)c1nc(-c2ccc(Br)s2)no1. The van der Waals surface area contributed by atoms with Gasteiger partial charge >= 0.3 is 0 Å². The maximum atomic E-state index is 11.1. The maximum absolute atomic E-state index is 11.1. The van der Waals surface area contributed by atoms with E-state index in [2.05, 4.69) is 26.1 Å². The Morgan fingerprint density at radius 3 is 2.84 bits per heavy atom. The zero-order chi connectivity index (χ0) is 14.0. The van der Waals surface area contributed by atoms with Gasteiger partial charge in [-0.2, -0.15) is 4.98 Å². The first-order valence-corrected chi connectivity index (χ1v) is 9.05. The van der Waals surface area contributed by atoms with Crippen LogP contribution in [-0.4, -0.2) is 30.6 Å². The van der Waals surface area contributed by atoms with Crippen molar-refractivity contribution in [1.29, 1.82) is 0 Å². The average Bonchev–Trinajstić information content (AvgIpc) is 2.93. The number of nitrogens with two attached hydrogens (primary N) is 1. The van der Waals surface area contributed by atoms with Crippen molar-refractivity contribution in [2.24, 2.45) is 5.73 Å². The zero-order valence-corrected chi connectivity index (χ0v) is 13.3. The third kappa shape index (κ3) is 4.10. The van der Waals surface area contributed by atoms with Gasteiger partial charge in [0, 0.05) is 6.26 Å². The topological polar surface area (TPSA) is 99.1 Å². The van der Waals surface area contributed by atoms with E-state index in [1.807, 2.05) is 12.1 Å². The summed E-state index contributed by atoms with van der Waals surface area (Å²) in [6.07, 6.45) is 1.43. The predicted molar refractivity (Wildman–Crippen MR) is 76.6 cm³/mol. The second-order valence-electron chi connectivity index (χ2n) is 4.09. The highest BCUT2D eigenvalue weighted by Crippen LogP contribution is 2.29. The summed E-state index contributed by atoms with van der Waals surface area (Å²) in [5.41, 5.74) is 5.83. The molecule has 0 aliphatic heterocycles. The number of hydrogen-bond donors (Lipinski definition) is 1. The Kier molecular flexibility index (Phi) is 4.39. The molecule has 0 amide bonds. The molecule has 0 aliphatic carbocycles. The molecule has 0 fully saturated rings. The van der Waals surface area contributed by atoms with Crippen molar-refractivity contribution < 1.29 is 12.9 Å². The predicted octanol–water partition coefficient (Wildman–Crippen LogP) is 2.00. The summed E-state index contributed by atoms with van der Waals surface area (Å²) < 4.78 is 28.2. The van der Waals surface area contributed by atoms with Gasteiger partial charge in [-0.3, -0.25) is 0 Å². The van der Waals surface area contributed by atoms with Crippen LogP contribution in [0.4, 0.5) is 0 Å². The first-order chi connectivity index (χ1) is 8.85. The first-order valence-electron chi connectivity index (χ1n) is 5.38. The van der Waals surface area contributed by atoms with Gasteiger partial charge in [0.25, 0.3) is 0 Å². The quantitative estimate of drug-likeness (QED) is 0.869. The number of halogens is 1. The molecule has 0 bridgehead atoms. The van der Waals surface area contributed by atoms with Crippen LogP contribution >= 0.6 is 27.3 Å². The summed E-state index contributed by atoms with van der Waals surface area (Å²) in [5, 5.41) is 3.84. The maximum Gasteiger partial charge on any atom is 0.243 e. The number of thiophene rings is 1. The van der Waals surface area contributed by atoms with E-state index >= 15 is 0 Å². The van der Waals surface area contributed by atoms with E-state index in [0.29, 0.717) is 5.82 Å². The van der Waals surface area contributed by atoms with Crippen molar-refractivity contribution >= 4 is 37.1 Å². The van der Waals surface area contributed by atoms with Crippen molar-refractivity contribution in [3.63, 3.8) is 0 Å². The monoisotopic (exact) mass is 365 g/mol. The Morgan fingerprint density at radius 2 is 2.26 bits per heavy atom. The lowest BCUT2D eigenvalue weighted by atomic mass is 10.2. The number of sulfone groups is 1. The van der Waals surface area contributed by atoms with Gasteiger partial charge in [-0.05, 0) is 34.5 Å². The Balaban J connectivity index is 2.08. The van der Waals surface area contributed by atoms with E-state index in [9.17, 15) is 8.42 Å². The van der Waals surface area contributed by atoms with Crippen LogP contribution in [0.5, 0.6) is 0 Å². The fourth-order valence-electron chi connectivity index (χ4n) is 1.38. The summed E-state index contributed by atoms with van der Waals surface area (Å²) in [4.78, 5) is 5.04. The Bertz CT molecular complexity index is 665. The molecule has 2 N–H and O–H groups in total. The molecule has 0 aliphatic rings. The van der Waals surface area contributed by atoms with Crippen molar-refractivity contribution in [2.75, 3.05) is 12.0 Å². The second-order valence-corrected chi connectivity index (χ2v) is 8.81. The van der Waals surface area contributed by atoms with E-state index in [1.54, 1.807) is 0 Å². The minimum absolute atomic E-state index is 0.00354. The number of aromatic nitrogens is 2. The molecule has 1 unspecified atom stereocenters. The molecular formula is C10H12BrN3O3S2. The van der Waals surface area contributed by atoms with Gasteiger partial charge in [-0.15, -0.1) is 11.3 Å². The van der Waals surface area contributed by atoms with E-state index in [0.717, 1.165) is 8.66 Å². The third-order valence-corrected chi connectivity index (χ3v) is 4.95. The molecule has 2 rings (SSSR count). The third-order valence-electron chi connectivity index (χ3n) is 2.35. The van der Waals surface area contributed by atoms with Crippen molar-refractivity contribution in [3.05, 3.63) is 21.8 Å². The zero-order valence-electron chi connectivity index (χ0n) is 10.0. The summed E-state index contributed by atoms with van der Waals surface area (Å²) in [6, 6.07) is 3.18. The lowest BCUT2D eigenvalue weighted by Gasteiger charge is -2.04. The van der Waals surface area contributed by atoms with Crippen LogP contribution in [0, 0.1) is 0 Å². The number of hydrogen-bond acceptors (Lipinski definition) is 7. The van der Waals surface area contributed by atoms with Crippen LogP contribution in [0.25, 0.3) is 10.7 Å². The molecular weight excluding hydrogens is 354 g/mol. The molecule has 2 aromatic rings. The van der Waals surface area contributed by atoms with Crippen LogP contribution in [-0.2, 0) is 9.84 Å². The van der Waals surface area contributed by atoms with Crippen LogP contribution in [0.3, 0.4) is 0 Å². The van der Waals surface area contributed by atoms with E-state index < -0.39 is 15.9 Å². The van der Waals surface area contributed by atoms with Gasteiger partial charge in [0.1, 0.15) is 9.84 Å². The van der Waals surface area contributed by atoms with Crippen molar-refractivity contribution in [2.45, 2.75) is 12.5 Å². The normalized spacial score (nSPS) is 13.6. The fourth-order valence-corrected chi connectivity index (χ4v) is 3.38. The second kappa shape index (κ2) is 5.70. The van der Waals surface area contributed by atoms with Crippen LogP contribution in [0.15, 0.2) is 20.4 Å². The van der Waals surface area contributed by atoms with Crippen LogP contribution in [0.1, 0.15) is 18.4 Å². The van der Waals surface area contributed by atoms with Gasteiger partial charge in [-0.1, -0.05) is 5.16 Å². The summed E-state index contributed by atoms with van der Waals surface area (Å²) in [6.45, 7) is 0. The molecule has 0 saturated heterocycles. The van der Waals surface area contributed by atoms with E-state index in [1.165, 1.54) is 17.6 Å². The smallest absolute Gasteiger partial charge is 0.243 e. The van der Waals surface area contributed by atoms with Crippen molar-refractivity contribution in [1.82, 2.24) is 10.1 Å². The van der Waals surface area contributed by atoms with Gasteiger partial charge in [0.2, 0.25) is 11.7 Å². The number of rotatable bonds is 5. The standard InChI is InChI=1S/C10H12BrN3O3S2/c1-19(15,16)5-4-6(12)10-13-9(14-17-10)7-2-3-8(11)18-7/h2-3,6H,4-5,12H2,1H3. The average molecular weight is 366 g/mol. The van der Waals surface area contributed by atoms with Gasteiger partial charge < -0.3 is 10.3 Å². The Labute approximate surface area is 123 Å². The first kappa shape index (κ1) is 14.6. The van der Waals surface area contributed by atoms with Gasteiger partial charge in [0.15, 0.2) is 0 Å². The molecule has 2 aromatic heterocycles. The largest absolute Gasteiger partial charge is 0.337 e. The van der Waals surface area contributed by atoms with E-state index in [-0.39, 0.29) is 18.1 Å². The molecule has 1 atom stereocenters. The molecule has 0 spiro atoms. The Morgan fingerprint density at radius 1 is 1.53 bits per heavy atom. The highest BCUT2D eigenvalue weighted by molar-refractivity contribution is 9.11. The lowest BCUT2D eigenvalue weighted by Crippen LogP contribution is -2.15. The minimum Gasteiger partial charge on any atom is -0.337 e. The highest BCUT2D eigenvalue weighted by Gasteiger charge is 2.18. The van der Waals surface area contributed by atoms with Gasteiger partial charge in [-0.25, -0.2) is 8.42 Å². The molecule has 104 valence electrons. The fraction of sp³-hybridized carbons (Fsp3) is 0.400. The van der Waals surface area contributed by atoms with Gasteiger partial charge in [0.05, 0.1) is 20.5 Å². The van der Waals surface area contributed by atoms with Crippen LogP contribution in [0.2, 0.25) is 0 Å². The molecule has 6 nitrogen and oxygen atoms in total.